The van der Waals surface area contributed by atoms with Crippen molar-refractivity contribution in [3.8, 4) is 5.75 Å². The highest BCUT2D eigenvalue weighted by atomic mass is 32.2. The first kappa shape index (κ1) is 18.7. The van der Waals surface area contributed by atoms with Crippen molar-refractivity contribution in [1.29, 1.82) is 0 Å². The van der Waals surface area contributed by atoms with Crippen LogP contribution in [0.3, 0.4) is 0 Å². The van der Waals surface area contributed by atoms with Gasteiger partial charge in [-0.15, -0.1) is 0 Å². The molecule has 140 valence electrons. The molecule has 1 saturated heterocycles. The van der Waals surface area contributed by atoms with Gasteiger partial charge in [-0.25, -0.2) is 8.42 Å². The molecule has 0 unspecified atom stereocenters. The van der Waals surface area contributed by atoms with E-state index in [1.807, 2.05) is 13.8 Å². The van der Waals surface area contributed by atoms with Gasteiger partial charge < -0.3 is 9.72 Å². The molecule has 1 fully saturated rings. The summed E-state index contributed by atoms with van der Waals surface area (Å²) in [5.41, 5.74) is 2.36. The molecule has 0 bridgehead atoms. The van der Waals surface area contributed by atoms with E-state index in [9.17, 15) is 13.2 Å². The number of Topliss-reactive ketones (excluding diaryl/α,β-unsaturated/α-hetero) is 1. The van der Waals surface area contributed by atoms with Crippen LogP contribution in [0.1, 0.15) is 41.0 Å². The summed E-state index contributed by atoms with van der Waals surface area (Å²) in [4.78, 5) is 15.6. The molecule has 0 aliphatic carbocycles. The van der Waals surface area contributed by atoms with Crippen LogP contribution in [0.5, 0.6) is 5.75 Å². The van der Waals surface area contributed by atoms with E-state index in [0.29, 0.717) is 24.4 Å². The van der Waals surface area contributed by atoms with Crippen LogP contribution in [0.2, 0.25) is 0 Å². The average Bonchev–Trinajstić information content (AvgIpc) is 2.99. The highest BCUT2D eigenvalue weighted by molar-refractivity contribution is 7.89. The lowest BCUT2D eigenvalue weighted by Gasteiger charge is -2.25. The van der Waals surface area contributed by atoms with Crippen LogP contribution in [0.25, 0.3) is 0 Å². The second-order valence-corrected chi connectivity index (χ2v) is 8.58. The molecule has 0 atom stereocenters. The van der Waals surface area contributed by atoms with E-state index >= 15 is 0 Å². The predicted molar refractivity (Wildman–Crippen MR) is 99.1 cm³/mol. The first-order valence-electron chi connectivity index (χ1n) is 8.80. The largest absolute Gasteiger partial charge is 0.485 e. The normalized spacial score (nSPS) is 15.8. The molecular formula is C19H24N2O4S. The number of nitrogens with zero attached hydrogens (tertiary/aromatic N) is 1. The van der Waals surface area contributed by atoms with Gasteiger partial charge in [0.25, 0.3) is 0 Å². The molecule has 6 nitrogen and oxygen atoms in total. The van der Waals surface area contributed by atoms with Gasteiger partial charge in [-0.1, -0.05) is 6.42 Å². The Hall–Kier alpha value is -2.12. The van der Waals surface area contributed by atoms with Gasteiger partial charge in [0, 0.05) is 30.0 Å². The number of H-pyrrole nitrogens is 1. The van der Waals surface area contributed by atoms with Gasteiger partial charge in [0.15, 0.2) is 6.61 Å². The van der Waals surface area contributed by atoms with Crippen LogP contribution in [0.4, 0.5) is 0 Å². The Kier molecular flexibility index (Phi) is 5.48. The van der Waals surface area contributed by atoms with Gasteiger partial charge in [-0.2, -0.15) is 4.31 Å². The number of carbonyl (C=O) groups excluding carboxylic acids is 1. The SMILES string of the molecule is Cc1cc(C(=O)COc2ccc(S(=O)(=O)N3CCCCC3)cc2)c(C)[nH]1. The number of ether oxygens (including phenoxy) is 1. The number of benzene rings is 1. The van der Waals surface area contributed by atoms with Crippen molar-refractivity contribution < 1.29 is 17.9 Å². The molecule has 1 aromatic heterocycles. The van der Waals surface area contributed by atoms with E-state index in [-0.39, 0.29) is 17.3 Å². The van der Waals surface area contributed by atoms with Crippen LogP contribution in [-0.4, -0.2) is 43.2 Å². The smallest absolute Gasteiger partial charge is 0.243 e. The maximum atomic E-state index is 12.6. The number of nitrogens with one attached hydrogen (secondary N) is 1. The summed E-state index contributed by atoms with van der Waals surface area (Å²) >= 11 is 0. The van der Waals surface area contributed by atoms with E-state index in [1.54, 1.807) is 18.2 Å². The van der Waals surface area contributed by atoms with Crippen molar-refractivity contribution in [2.45, 2.75) is 38.0 Å². The number of aryl methyl sites for hydroxylation is 2. The minimum Gasteiger partial charge on any atom is -0.485 e. The molecule has 0 radical (unpaired) electrons. The fraction of sp³-hybridized carbons (Fsp3) is 0.421. The van der Waals surface area contributed by atoms with Gasteiger partial charge in [0.2, 0.25) is 15.8 Å². The van der Waals surface area contributed by atoms with Gasteiger partial charge in [0.05, 0.1) is 4.90 Å². The predicted octanol–water partition coefficient (Wildman–Crippen LogP) is 3.07. The highest BCUT2D eigenvalue weighted by Gasteiger charge is 2.25. The monoisotopic (exact) mass is 376 g/mol. The van der Waals surface area contributed by atoms with Crippen LogP contribution < -0.4 is 4.74 Å². The molecule has 1 aromatic carbocycles. The summed E-state index contributed by atoms with van der Waals surface area (Å²) in [6, 6.07) is 8.07. The third-order valence-corrected chi connectivity index (χ3v) is 6.51. The molecule has 1 aliphatic rings. The summed E-state index contributed by atoms with van der Waals surface area (Å²) in [5, 5.41) is 0. The number of hydrogen-bond donors (Lipinski definition) is 1. The average molecular weight is 376 g/mol. The Balaban J connectivity index is 1.64. The molecule has 0 spiro atoms. The second-order valence-electron chi connectivity index (χ2n) is 6.64. The number of aromatic nitrogens is 1. The standard InChI is InChI=1S/C19H24N2O4S/c1-14-12-18(15(2)20-14)19(22)13-25-16-6-8-17(9-7-16)26(23,24)21-10-4-3-5-11-21/h6-9,12,20H,3-5,10-11,13H2,1-2H3. The van der Waals surface area contributed by atoms with Crippen molar-refractivity contribution in [3.05, 3.63) is 47.3 Å². The summed E-state index contributed by atoms with van der Waals surface area (Å²) in [5.74, 6) is 0.359. The molecule has 3 rings (SSSR count). The molecule has 2 heterocycles. The summed E-state index contributed by atoms with van der Waals surface area (Å²) in [6.45, 7) is 4.80. The van der Waals surface area contributed by atoms with E-state index in [4.69, 9.17) is 4.74 Å². The lowest BCUT2D eigenvalue weighted by Crippen LogP contribution is -2.35. The minimum absolute atomic E-state index is 0.0869. The number of ketones is 1. The van der Waals surface area contributed by atoms with Crippen LogP contribution in [-0.2, 0) is 10.0 Å². The van der Waals surface area contributed by atoms with Crippen LogP contribution in [0.15, 0.2) is 35.2 Å². The second kappa shape index (κ2) is 7.63. The number of hydrogen-bond acceptors (Lipinski definition) is 4. The maximum Gasteiger partial charge on any atom is 0.243 e. The zero-order valence-electron chi connectivity index (χ0n) is 15.1. The van der Waals surface area contributed by atoms with E-state index in [0.717, 1.165) is 30.7 Å². The van der Waals surface area contributed by atoms with Crippen molar-refractivity contribution in [2.75, 3.05) is 19.7 Å². The first-order chi connectivity index (χ1) is 12.4. The molecule has 2 aromatic rings. The third-order valence-electron chi connectivity index (χ3n) is 4.60. The number of aromatic amines is 1. The number of carbonyl (C=O) groups is 1. The first-order valence-corrected chi connectivity index (χ1v) is 10.2. The number of sulfonamides is 1. The highest BCUT2D eigenvalue weighted by Crippen LogP contribution is 2.23. The molecule has 26 heavy (non-hydrogen) atoms. The molecular weight excluding hydrogens is 352 g/mol. The van der Waals surface area contributed by atoms with Gasteiger partial charge in [-0.3, -0.25) is 4.79 Å². The fourth-order valence-electron chi connectivity index (χ4n) is 3.20. The Bertz CT molecular complexity index is 879. The summed E-state index contributed by atoms with van der Waals surface area (Å²) in [7, 11) is -3.45. The van der Waals surface area contributed by atoms with Crippen LogP contribution in [0, 0.1) is 13.8 Å². The Morgan fingerprint density at radius 3 is 2.35 bits per heavy atom. The Morgan fingerprint density at radius 2 is 1.77 bits per heavy atom. The molecule has 7 heteroatoms. The summed E-state index contributed by atoms with van der Waals surface area (Å²) in [6.07, 6.45) is 2.88. The third kappa shape index (κ3) is 3.99. The topological polar surface area (TPSA) is 79.5 Å². The summed E-state index contributed by atoms with van der Waals surface area (Å²) < 4.78 is 32.3. The Morgan fingerprint density at radius 1 is 1.12 bits per heavy atom. The molecule has 0 amide bonds. The van der Waals surface area contributed by atoms with Crippen molar-refractivity contribution in [1.82, 2.24) is 9.29 Å². The van der Waals surface area contributed by atoms with Gasteiger partial charge in [0.1, 0.15) is 5.75 Å². The number of piperidine rings is 1. The molecule has 1 N–H and O–H groups in total. The van der Waals surface area contributed by atoms with Crippen molar-refractivity contribution in [2.24, 2.45) is 0 Å². The van der Waals surface area contributed by atoms with Gasteiger partial charge >= 0.3 is 0 Å². The van der Waals surface area contributed by atoms with Gasteiger partial charge in [-0.05, 0) is 57.0 Å². The quantitative estimate of drug-likeness (QED) is 0.786. The van der Waals surface area contributed by atoms with E-state index < -0.39 is 10.0 Å². The van der Waals surface area contributed by atoms with Crippen LogP contribution >= 0.6 is 0 Å². The number of rotatable bonds is 6. The lowest BCUT2D eigenvalue weighted by molar-refractivity contribution is 0.0921. The van der Waals surface area contributed by atoms with Crippen molar-refractivity contribution >= 4 is 15.8 Å². The zero-order chi connectivity index (χ0) is 18.7. The maximum absolute atomic E-state index is 12.6. The molecule has 0 saturated carbocycles. The zero-order valence-corrected chi connectivity index (χ0v) is 15.9. The van der Waals surface area contributed by atoms with E-state index in [1.165, 1.54) is 16.4 Å². The van der Waals surface area contributed by atoms with E-state index in [2.05, 4.69) is 4.98 Å². The molecule has 1 aliphatic heterocycles. The lowest BCUT2D eigenvalue weighted by atomic mass is 10.1. The Labute approximate surface area is 154 Å². The fourth-order valence-corrected chi connectivity index (χ4v) is 4.72. The minimum atomic E-state index is -3.45. The van der Waals surface area contributed by atoms with Crippen molar-refractivity contribution in [3.63, 3.8) is 0 Å².